The molecule has 1 aliphatic heterocycles. The molecule has 7 nitrogen and oxygen atoms in total. The fraction of sp³-hybridized carbons (Fsp3) is 0.583. The number of aromatic nitrogens is 5. The van der Waals surface area contributed by atoms with Crippen LogP contribution in [0, 0.1) is 12.8 Å². The van der Waals surface area contributed by atoms with Gasteiger partial charge in [0.05, 0.1) is 12.2 Å². The molecule has 0 fully saturated rings. The van der Waals surface area contributed by atoms with Crippen molar-refractivity contribution in [1.82, 2.24) is 29.9 Å². The SMILES string of the molecule is Cc1cc2n(n1)CC(CNCc1nncn1C)CN2. The molecule has 1 unspecified atom stereocenters. The largest absolute Gasteiger partial charge is 0.370 e. The van der Waals surface area contributed by atoms with Crippen LogP contribution in [0.3, 0.4) is 0 Å². The van der Waals surface area contributed by atoms with Crippen molar-refractivity contribution in [1.29, 1.82) is 0 Å². The van der Waals surface area contributed by atoms with Gasteiger partial charge in [-0.3, -0.25) is 0 Å². The smallest absolute Gasteiger partial charge is 0.146 e. The number of hydrogen-bond donors (Lipinski definition) is 2. The van der Waals surface area contributed by atoms with Gasteiger partial charge < -0.3 is 15.2 Å². The number of anilines is 1. The maximum absolute atomic E-state index is 4.47. The Bertz CT molecular complexity index is 556. The van der Waals surface area contributed by atoms with Gasteiger partial charge in [-0.2, -0.15) is 5.10 Å². The van der Waals surface area contributed by atoms with Gasteiger partial charge in [0.1, 0.15) is 18.0 Å². The van der Waals surface area contributed by atoms with Gasteiger partial charge in [-0.05, 0) is 6.92 Å². The minimum atomic E-state index is 0.542. The molecule has 0 spiro atoms. The van der Waals surface area contributed by atoms with Crippen molar-refractivity contribution in [2.75, 3.05) is 18.4 Å². The summed E-state index contributed by atoms with van der Waals surface area (Å²) >= 11 is 0. The first kappa shape index (κ1) is 12.2. The average molecular weight is 261 g/mol. The van der Waals surface area contributed by atoms with E-state index in [0.29, 0.717) is 5.92 Å². The van der Waals surface area contributed by atoms with E-state index in [-0.39, 0.29) is 0 Å². The summed E-state index contributed by atoms with van der Waals surface area (Å²) in [7, 11) is 1.96. The first-order valence-electron chi connectivity index (χ1n) is 6.54. The highest BCUT2D eigenvalue weighted by molar-refractivity contribution is 5.38. The summed E-state index contributed by atoms with van der Waals surface area (Å²) < 4.78 is 3.98. The fourth-order valence-electron chi connectivity index (χ4n) is 2.38. The van der Waals surface area contributed by atoms with Crippen molar-refractivity contribution in [3.8, 4) is 0 Å². The van der Waals surface area contributed by atoms with Crippen molar-refractivity contribution < 1.29 is 0 Å². The fourth-order valence-corrected chi connectivity index (χ4v) is 2.38. The van der Waals surface area contributed by atoms with Gasteiger partial charge >= 0.3 is 0 Å². The molecule has 0 aromatic carbocycles. The van der Waals surface area contributed by atoms with E-state index >= 15 is 0 Å². The highest BCUT2D eigenvalue weighted by Crippen LogP contribution is 2.17. The van der Waals surface area contributed by atoms with Crippen LogP contribution in [0.4, 0.5) is 5.82 Å². The van der Waals surface area contributed by atoms with Gasteiger partial charge in [0.15, 0.2) is 0 Å². The Hall–Kier alpha value is -1.89. The summed E-state index contributed by atoms with van der Waals surface area (Å²) in [5.41, 5.74) is 1.06. The maximum atomic E-state index is 4.47. The number of nitrogens with one attached hydrogen (secondary N) is 2. The highest BCUT2D eigenvalue weighted by Gasteiger charge is 2.18. The first-order chi connectivity index (χ1) is 9.22. The normalized spacial score (nSPS) is 18.1. The third-order valence-electron chi connectivity index (χ3n) is 3.43. The zero-order valence-electron chi connectivity index (χ0n) is 11.3. The van der Waals surface area contributed by atoms with E-state index in [1.165, 1.54) is 0 Å². The number of hydrogen-bond acceptors (Lipinski definition) is 5. The molecular weight excluding hydrogens is 242 g/mol. The molecule has 2 aromatic heterocycles. The molecule has 102 valence electrons. The van der Waals surface area contributed by atoms with Gasteiger partial charge in [0, 0.05) is 38.7 Å². The minimum absolute atomic E-state index is 0.542. The Morgan fingerprint density at radius 3 is 3.21 bits per heavy atom. The van der Waals surface area contributed by atoms with Crippen molar-refractivity contribution in [2.24, 2.45) is 13.0 Å². The standard InChI is InChI=1S/C12H19N7/c1-9-3-11-14-5-10(7-19(11)17-9)4-13-6-12-16-15-8-18(12)2/h3,8,10,13-14H,4-7H2,1-2H3. The third-order valence-corrected chi connectivity index (χ3v) is 3.43. The second-order valence-electron chi connectivity index (χ2n) is 5.09. The van der Waals surface area contributed by atoms with Crippen molar-refractivity contribution in [3.63, 3.8) is 0 Å². The van der Waals surface area contributed by atoms with Gasteiger partial charge in [-0.25, -0.2) is 4.68 Å². The molecule has 19 heavy (non-hydrogen) atoms. The van der Waals surface area contributed by atoms with E-state index in [1.807, 2.05) is 23.2 Å². The van der Waals surface area contributed by atoms with Gasteiger partial charge in [0.25, 0.3) is 0 Å². The zero-order valence-corrected chi connectivity index (χ0v) is 11.3. The number of aryl methyl sites for hydroxylation is 2. The molecule has 3 heterocycles. The van der Waals surface area contributed by atoms with Gasteiger partial charge in [-0.1, -0.05) is 0 Å². The van der Waals surface area contributed by atoms with Crippen LogP contribution in [0.25, 0.3) is 0 Å². The van der Waals surface area contributed by atoms with Gasteiger partial charge in [-0.15, -0.1) is 10.2 Å². The topological polar surface area (TPSA) is 72.6 Å². The number of nitrogens with zero attached hydrogens (tertiary/aromatic N) is 5. The second-order valence-corrected chi connectivity index (χ2v) is 5.09. The van der Waals surface area contributed by atoms with Crippen LogP contribution in [-0.2, 0) is 20.1 Å². The van der Waals surface area contributed by atoms with Crippen LogP contribution in [0.2, 0.25) is 0 Å². The minimum Gasteiger partial charge on any atom is -0.370 e. The molecular formula is C12H19N7. The maximum Gasteiger partial charge on any atom is 0.146 e. The van der Waals surface area contributed by atoms with E-state index in [0.717, 1.165) is 43.5 Å². The van der Waals surface area contributed by atoms with Crippen LogP contribution < -0.4 is 10.6 Å². The third kappa shape index (κ3) is 2.60. The van der Waals surface area contributed by atoms with E-state index in [1.54, 1.807) is 6.33 Å². The molecule has 1 aliphatic rings. The number of rotatable bonds is 4. The Balaban J connectivity index is 1.51. The summed E-state index contributed by atoms with van der Waals surface area (Å²) in [6.07, 6.45) is 1.72. The number of fused-ring (bicyclic) bond motifs is 1. The Kier molecular flexibility index (Phi) is 3.20. The quantitative estimate of drug-likeness (QED) is 0.820. The van der Waals surface area contributed by atoms with Crippen LogP contribution in [-0.4, -0.2) is 37.6 Å². The summed E-state index contributed by atoms with van der Waals surface area (Å²) in [6, 6.07) is 2.09. The zero-order chi connectivity index (χ0) is 13.2. The summed E-state index contributed by atoms with van der Waals surface area (Å²) in [6.45, 7) is 5.66. The molecule has 0 radical (unpaired) electrons. The average Bonchev–Trinajstić information content (AvgIpc) is 2.94. The Morgan fingerprint density at radius 1 is 1.53 bits per heavy atom. The molecule has 2 N–H and O–H groups in total. The molecule has 0 saturated heterocycles. The summed E-state index contributed by atoms with van der Waals surface area (Å²) in [4.78, 5) is 0. The predicted octanol–water partition coefficient (Wildman–Crippen LogP) is 0.152. The van der Waals surface area contributed by atoms with Crippen molar-refractivity contribution in [2.45, 2.75) is 20.0 Å². The van der Waals surface area contributed by atoms with Gasteiger partial charge in [0.2, 0.25) is 0 Å². The molecule has 0 saturated carbocycles. The van der Waals surface area contributed by atoms with Crippen LogP contribution >= 0.6 is 0 Å². The van der Waals surface area contributed by atoms with Crippen molar-refractivity contribution >= 4 is 5.82 Å². The van der Waals surface area contributed by atoms with Crippen molar-refractivity contribution in [3.05, 3.63) is 23.9 Å². The van der Waals surface area contributed by atoms with E-state index < -0.39 is 0 Å². The van der Waals surface area contributed by atoms with Crippen LogP contribution in [0.1, 0.15) is 11.5 Å². The molecule has 0 aliphatic carbocycles. The van der Waals surface area contributed by atoms with Crippen LogP contribution in [0.5, 0.6) is 0 Å². The molecule has 7 heteroatoms. The van der Waals surface area contributed by atoms with E-state index in [4.69, 9.17) is 0 Å². The molecule has 0 amide bonds. The lowest BCUT2D eigenvalue weighted by Crippen LogP contribution is -2.35. The molecule has 3 rings (SSSR count). The predicted molar refractivity (Wildman–Crippen MR) is 71.7 cm³/mol. The lowest BCUT2D eigenvalue weighted by atomic mass is 10.1. The summed E-state index contributed by atoms with van der Waals surface area (Å²) in [5.74, 6) is 2.63. The monoisotopic (exact) mass is 261 g/mol. The lowest BCUT2D eigenvalue weighted by Gasteiger charge is -2.25. The summed E-state index contributed by atoms with van der Waals surface area (Å²) in [5, 5.41) is 19.2. The van der Waals surface area contributed by atoms with E-state index in [2.05, 4.69) is 32.0 Å². The Morgan fingerprint density at radius 2 is 2.42 bits per heavy atom. The lowest BCUT2D eigenvalue weighted by molar-refractivity contribution is 0.388. The second kappa shape index (κ2) is 5.00. The molecule has 1 atom stereocenters. The Labute approximate surface area is 112 Å². The molecule has 0 bridgehead atoms. The highest BCUT2D eigenvalue weighted by atomic mass is 15.3. The van der Waals surface area contributed by atoms with E-state index in [9.17, 15) is 0 Å². The van der Waals surface area contributed by atoms with Crippen LogP contribution in [0.15, 0.2) is 12.4 Å². The molecule has 2 aromatic rings. The first-order valence-corrected chi connectivity index (χ1v) is 6.54.